The molecule has 4 rings (SSSR count). The second-order valence-corrected chi connectivity index (χ2v) is 5.43. The Morgan fingerprint density at radius 1 is 1.28 bits per heavy atom. The molecule has 0 aliphatic carbocycles. The van der Waals surface area contributed by atoms with Crippen molar-refractivity contribution in [2.24, 2.45) is 4.99 Å². The van der Waals surface area contributed by atoms with Crippen LogP contribution in [-0.4, -0.2) is 34.9 Å². The van der Waals surface area contributed by atoms with Gasteiger partial charge in [-0.1, -0.05) is 18.2 Å². The SMILES string of the molecule is CC1Cn2c3c(c4ccccc42)CCN(C)C3=N1. The summed E-state index contributed by atoms with van der Waals surface area (Å²) in [5.74, 6) is 1.19. The zero-order chi connectivity index (χ0) is 12.3. The van der Waals surface area contributed by atoms with Crippen LogP contribution >= 0.6 is 0 Å². The average Bonchev–Trinajstić information content (AvgIpc) is 2.69. The van der Waals surface area contributed by atoms with Crippen LogP contribution in [0.2, 0.25) is 0 Å². The van der Waals surface area contributed by atoms with Gasteiger partial charge >= 0.3 is 0 Å². The summed E-state index contributed by atoms with van der Waals surface area (Å²) in [7, 11) is 2.15. The summed E-state index contributed by atoms with van der Waals surface area (Å²) in [6, 6.07) is 9.14. The molecule has 0 saturated carbocycles. The molecule has 0 radical (unpaired) electrons. The van der Waals surface area contributed by atoms with E-state index in [9.17, 15) is 0 Å². The molecule has 0 saturated heterocycles. The Morgan fingerprint density at radius 2 is 2.11 bits per heavy atom. The summed E-state index contributed by atoms with van der Waals surface area (Å²) < 4.78 is 2.47. The van der Waals surface area contributed by atoms with E-state index in [-0.39, 0.29) is 0 Å². The molecule has 2 aliphatic rings. The highest BCUT2D eigenvalue weighted by Crippen LogP contribution is 2.33. The maximum absolute atomic E-state index is 4.85. The average molecular weight is 239 g/mol. The Balaban J connectivity index is 2.12. The number of likely N-dealkylation sites (N-methyl/N-ethyl adjacent to an activating group) is 1. The van der Waals surface area contributed by atoms with Crippen molar-refractivity contribution < 1.29 is 0 Å². The van der Waals surface area contributed by atoms with E-state index in [1.54, 1.807) is 0 Å². The molecule has 1 aromatic heterocycles. The normalized spacial score (nSPS) is 22.0. The van der Waals surface area contributed by atoms with Crippen molar-refractivity contribution in [2.45, 2.75) is 25.9 Å². The van der Waals surface area contributed by atoms with Gasteiger partial charge in [-0.25, -0.2) is 0 Å². The van der Waals surface area contributed by atoms with Crippen molar-refractivity contribution >= 4 is 16.7 Å². The number of hydrogen-bond acceptors (Lipinski definition) is 2. The third-order valence-electron chi connectivity index (χ3n) is 4.14. The van der Waals surface area contributed by atoms with Crippen molar-refractivity contribution in [3.63, 3.8) is 0 Å². The number of para-hydroxylation sites is 1. The minimum absolute atomic E-state index is 0.372. The maximum Gasteiger partial charge on any atom is 0.148 e. The topological polar surface area (TPSA) is 20.5 Å². The Labute approximate surface area is 107 Å². The molecule has 0 N–H and O–H groups in total. The number of fused-ring (bicyclic) bond motifs is 3. The van der Waals surface area contributed by atoms with Gasteiger partial charge in [0.1, 0.15) is 5.84 Å². The molecule has 0 bridgehead atoms. The fraction of sp³-hybridized carbons (Fsp3) is 0.400. The molecular formula is C15H17N3. The second-order valence-electron chi connectivity index (χ2n) is 5.43. The second kappa shape index (κ2) is 3.37. The van der Waals surface area contributed by atoms with E-state index in [1.807, 2.05) is 0 Å². The minimum atomic E-state index is 0.372. The Hall–Kier alpha value is -1.77. The van der Waals surface area contributed by atoms with E-state index < -0.39 is 0 Å². The molecule has 2 aliphatic heterocycles. The lowest BCUT2D eigenvalue weighted by molar-refractivity contribution is 0.462. The first-order valence-corrected chi connectivity index (χ1v) is 6.65. The number of hydrogen-bond donors (Lipinski definition) is 0. The van der Waals surface area contributed by atoms with Crippen molar-refractivity contribution in [3.8, 4) is 0 Å². The molecule has 0 spiro atoms. The Bertz CT molecular complexity index is 666. The summed E-state index contributed by atoms with van der Waals surface area (Å²) in [4.78, 5) is 7.15. The van der Waals surface area contributed by atoms with Gasteiger partial charge in [-0.3, -0.25) is 4.99 Å². The van der Waals surface area contributed by atoms with Crippen molar-refractivity contribution in [3.05, 3.63) is 35.5 Å². The van der Waals surface area contributed by atoms with Gasteiger partial charge in [0, 0.05) is 31.0 Å². The molecule has 3 heteroatoms. The van der Waals surface area contributed by atoms with Crippen LogP contribution in [-0.2, 0) is 13.0 Å². The zero-order valence-electron chi connectivity index (χ0n) is 10.8. The van der Waals surface area contributed by atoms with Crippen LogP contribution in [0.1, 0.15) is 18.2 Å². The largest absolute Gasteiger partial charge is 0.358 e. The smallest absolute Gasteiger partial charge is 0.148 e. The van der Waals surface area contributed by atoms with Crippen LogP contribution in [0.4, 0.5) is 0 Å². The van der Waals surface area contributed by atoms with E-state index in [1.165, 1.54) is 28.0 Å². The lowest BCUT2D eigenvalue weighted by Gasteiger charge is -2.32. The number of benzene rings is 1. The number of aliphatic imine (C=N–C) groups is 1. The molecule has 0 fully saturated rings. The lowest BCUT2D eigenvalue weighted by atomic mass is 10.0. The Morgan fingerprint density at radius 3 is 3.00 bits per heavy atom. The van der Waals surface area contributed by atoms with Crippen LogP contribution < -0.4 is 0 Å². The lowest BCUT2D eigenvalue weighted by Crippen LogP contribution is -2.40. The highest BCUT2D eigenvalue weighted by molar-refractivity contribution is 6.06. The van der Waals surface area contributed by atoms with Crippen LogP contribution in [0.15, 0.2) is 29.3 Å². The van der Waals surface area contributed by atoms with Gasteiger partial charge in [-0.05, 0) is 25.0 Å². The summed E-state index contributed by atoms with van der Waals surface area (Å²) >= 11 is 0. The first-order chi connectivity index (χ1) is 8.75. The molecule has 3 nitrogen and oxygen atoms in total. The fourth-order valence-electron chi connectivity index (χ4n) is 3.31. The molecule has 18 heavy (non-hydrogen) atoms. The standard InChI is InChI=1S/C15H17N3/c1-10-9-18-13-6-4-3-5-11(13)12-7-8-17(2)15(16-10)14(12)18/h3-6,10H,7-9H2,1-2H3. The highest BCUT2D eigenvalue weighted by atomic mass is 15.2. The summed E-state index contributed by atoms with van der Waals surface area (Å²) in [6.45, 7) is 4.28. The minimum Gasteiger partial charge on any atom is -0.358 e. The molecule has 0 amide bonds. The predicted octanol–water partition coefficient (Wildman–Crippen LogP) is 2.28. The molecule has 3 heterocycles. The van der Waals surface area contributed by atoms with Crippen LogP contribution in [0, 0.1) is 0 Å². The summed E-state index contributed by atoms with van der Waals surface area (Å²) in [5.41, 5.74) is 4.23. The van der Waals surface area contributed by atoms with Gasteiger partial charge in [0.2, 0.25) is 0 Å². The van der Waals surface area contributed by atoms with Crippen LogP contribution in [0.25, 0.3) is 10.9 Å². The van der Waals surface area contributed by atoms with E-state index >= 15 is 0 Å². The third-order valence-corrected chi connectivity index (χ3v) is 4.14. The molecule has 1 atom stereocenters. The van der Waals surface area contributed by atoms with Crippen molar-refractivity contribution in [1.29, 1.82) is 0 Å². The molecule has 1 unspecified atom stereocenters. The quantitative estimate of drug-likeness (QED) is 0.690. The van der Waals surface area contributed by atoms with E-state index in [0.717, 1.165) is 19.5 Å². The molecule has 2 aromatic rings. The Kier molecular flexibility index (Phi) is 1.91. The van der Waals surface area contributed by atoms with Gasteiger partial charge in [-0.15, -0.1) is 0 Å². The van der Waals surface area contributed by atoms with Gasteiger partial charge < -0.3 is 9.47 Å². The van der Waals surface area contributed by atoms with Crippen LogP contribution in [0.5, 0.6) is 0 Å². The highest BCUT2D eigenvalue weighted by Gasteiger charge is 2.30. The first-order valence-electron chi connectivity index (χ1n) is 6.65. The van der Waals surface area contributed by atoms with Gasteiger partial charge in [0.05, 0.1) is 11.7 Å². The van der Waals surface area contributed by atoms with Crippen molar-refractivity contribution in [1.82, 2.24) is 9.47 Å². The van der Waals surface area contributed by atoms with E-state index in [0.29, 0.717) is 6.04 Å². The molecular weight excluding hydrogens is 222 g/mol. The number of aromatic nitrogens is 1. The van der Waals surface area contributed by atoms with Gasteiger partial charge in [-0.2, -0.15) is 0 Å². The number of nitrogens with zero attached hydrogens (tertiary/aromatic N) is 3. The summed E-state index contributed by atoms with van der Waals surface area (Å²) in [6.07, 6.45) is 1.13. The first kappa shape index (κ1) is 10.2. The van der Waals surface area contributed by atoms with Crippen LogP contribution in [0.3, 0.4) is 0 Å². The predicted molar refractivity (Wildman–Crippen MR) is 74.3 cm³/mol. The van der Waals surface area contributed by atoms with E-state index in [2.05, 4.69) is 47.7 Å². The van der Waals surface area contributed by atoms with Crippen molar-refractivity contribution in [2.75, 3.05) is 13.6 Å². The van der Waals surface area contributed by atoms with Gasteiger partial charge in [0.25, 0.3) is 0 Å². The fourth-order valence-corrected chi connectivity index (χ4v) is 3.31. The van der Waals surface area contributed by atoms with E-state index in [4.69, 9.17) is 4.99 Å². The third kappa shape index (κ3) is 1.17. The molecule has 1 aromatic carbocycles. The monoisotopic (exact) mass is 239 g/mol. The molecule has 92 valence electrons. The number of rotatable bonds is 0. The van der Waals surface area contributed by atoms with Gasteiger partial charge in [0.15, 0.2) is 0 Å². The number of amidine groups is 1. The maximum atomic E-state index is 4.85. The zero-order valence-corrected chi connectivity index (χ0v) is 10.8. The summed E-state index contributed by atoms with van der Waals surface area (Å²) in [5, 5.41) is 1.42.